The normalized spacial score (nSPS) is 10.9. The van der Waals surface area contributed by atoms with Crippen molar-refractivity contribution in [2.24, 2.45) is 0 Å². The molecule has 0 amide bonds. The maximum absolute atomic E-state index is 10.3. The summed E-state index contributed by atoms with van der Waals surface area (Å²) in [6.45, 7) is 0. The Morgan fingerprint density at radius 1 is 1.67 bits per heavy atom. The molecule has 15 heavy (non-hydrogen) atoms. The molecule has 0 aliphatic rings. The van der Waals surface area contributed by atoms with E-state index in [0.29, 0.717) is 11.1 Å². The van der Waals surface area contributed by atoms with Crippen LogP contribution in [-0.4, -0.2) is 23.2 Å². The van der Waals surface area contributed by atoms with Crippen LogP contribution >= 0.6 is 0 Å². The number of rotatable bonds is 4. The molecule has 1 aromatic rings. The Kier molecular flexibility index (Phi) is 3.50. The predicted octanol–water partition coefficient (Wildman–Crippen LogP) is 1.20. The molecule has 0 aliphatic heterocycles. The van der Waals surface area contributed by atoms with E-state index in [0.717, 1.165) is 6.21 Å². The number of nitrogens with zero attached hydrogens (tertiary/aromatic N) is 2. The van der Waals surface area contributed by atoms with Crippen LogP contribution in [0, 0.1) is 15.5 Å². The molecule has 0 unspecified atom stereocenters. The maximum Gasteiger partial charge on any atom is 0.363 e. The lowest BCUT2D eigenvalue weighted by molar-refractivity contribution is -0.389. The lowest BCUT2D eigenvalue weighted by atomic mass is 10.1. The van der Waals surface area contributed by atoms with Crippen molar-refractivity contribution < 1.29 is 4.92 Å². The third-order valence-corrected chi connectivity index (χ3v) is 1.72. The van der Waals surface area contributed by atoms with Crippen molar-refractivity contribution in [1.29, 1.82) is 5.41 Å². The van der Waals surface area contributed by atoms with Crippen LogP contribution < -0.4 is 5.32 Å². The quantitative estimate of drug-likeness (QED) is 0.440. The highest BCUT2D eigenvalue weighted by molar-refractivity contribution is 6.07. The number of allylic oxidation sites excluding steroid dienone is 1. The van der Waals surface area contributed by atoms with E-state index in [1.165, 1.54) is 12.3 Å². The molecule has 0 atom stereocenters. The number of nitrogens with one attached hydrogen (secondary N) is 2. The Morgan fingerprint density at radius 3 is 2.80 bits per heavy atom. The van der Waals surface area contributed by atoms with Gasteiger partial charge in [-0.1, -0.05) is 0 Å². The Hall–Kier alpha value is -2.24. The minimum atomic E-state index is -0.560. The van der Waals surface area contributed by atoms with Crippen molar-refractivity contribution >= 4 is 17.6 Å². The molecule has 6 heteroatoms. The highest BCUT2D eigenvalue weighted by atomic mass is 16.6. The third-order valence-electron chi connectivity index (χ3n) is 1.72. The van der Waals surface area contributed by atoms with Gasteiger partial charge >= 0.3 is 5.82 Å². The predicted molar refractivity (Wildman–Crippen MR) is 56.7 cm³/mol. The second-order valence-electron chi connectivity index (χ2n) is 2.69. The van der Waals surface area contributed by atoms with E-state index < -0.39 is 4.92 Å². The molecule has 6 nitrogen and oxygen atoms in total. The van der Waals surface area contributed by atoms with Crippen molar-refractivity contribution in [3.63, 3.8) is 0 Å². The molecule has 0 fully saturated rings. The molecule has 0 saturated heterocycles. The van der Waals surface area contributed by atoms with Crippen LogP contribution in [0.1, 0.15) is 5.56 Å². The molecule has 0 aromatic carbocycles. The smallest absolute Gasteiger partial charge is 0.363 e. The summed E-state index contributed by atoms with van der Waals surface area (Å²) in [5, 5.41) is 20.3. The van der Waals surface area contributed by atoms with Gasteiger partial charge in [0.1, 0.15) is 6.20 Å². The van der Waals surface area contributed by atoms with Gasteiger partial charge < -0.3 is 20.8 Å². The Bertz CT molecular complexity index is 397. The Balaban J connectivity index is 3.02. The molecular weight excluding hydrogens is 196 g/mol. The van der Waals surface area contributed by atoms with Gasteiger partial charge in [0.05, 0.1) is 0 Å². The van der Waals surface area contributed by atoms with E-state index in [1.54, 1.807) is 19.3 Å². The van der Waals surface area contributed by atoms with Gasteiger partial charge in [-0.2, -0.15) is 0 Å². The van der Waals surface area contributed by atoms with Crippen molar-refractivity contribution in [3.05, 3.63) is 40.2 Å². The van der Waals surface area contributed by atoms with E-state index in [2.05, 4.69) is 10.3 Å². The van der Waals surface area contributed by atoms with Gasteiger partial charge in [-0.3, -0.25) is 0 Å². The fourth-order valence-corrected chi connectivity index (χ4v) is 1.03. The zero-order valence-electron chi connectivity index (χ0n) is 8.10. The van der Waals surface area contributed by atoms with E-state index in [4.69, 9.17) is 5.41 Å². The molecule has 0 aliphatic carbocycles. The monoisotopic (exact) mass is 206 g/mol. The van der Waals surface area contributed by atoms with Crippen molar-refractivity contribution in [3.8, 4) is 0 Å². The summed E-state index contributed by atoms with van der Waals surface area (Å²) < 4.78 is 0. The molecule has 1 aromatic heterocycles. The molecule has 1 rings (SSSR count). The molecule has 0 spiro atoms. The average Bonchev–Trinajstić information content (AvgIpc) is 2.26. The maximum atomic E-state index is 10.3. The zero-order valence-corrected chi connectivity index (χ0v) is 8.10. The SMILES string of the molecule is CN/C=C(\C=N)c1ccc([N+](=O)[O-])nc1. The lowest BCUT2D eigenvalue weighted by Gasteiger charge is -1.98. The van der Waals surface area contributed by atoms with Gasteiger partial charge in [-0.25, -0.2) is 0 Å². The van der Waals surface area contributed by atoms with Gasteiger partial charge in [-0.15, -0.1) is 0 Å². The third kappa shape index (κ3) is 2.60. The summed E-state index contributed by atoms with van der Waals surface area (Å²) in [5.41, 5.74) is 1.27. The Labute approximate surface area is 86.3 Å². The van der Waals surface area contributed by atoms with E-state index in [9.17, 15) is 10.1 Å². The second-order valence-corrected chi connectivity index (χ2v) is 2.69. The standard InChI is InChI=1S/C9H10N4O2/c1-11-5-8(4-10)7-2-3-9(12-6-7)13(14)15/h2-6,10-11H,1H3/b8-5+,10-4?. The summed E-state index contributed by atoms with van der Waals surface area (Å²) in [6, 6.07) is 2.86. The highest BCUT2D eigenvalue weighted by Crippen LogP contribution is 2.13. The van der Waals surface area contributed by atoms with Crippen molar-refractivity contribution in [1.82, 2.24) is 10.3 Å². The molecule has 2 N–H and O–H groups in total. The number of nitro groups is 1. The van der Waals surface area contributed by atoms with E-state index in [1.807, 2.05) is 0 Å². The summed E-state index contributed by atoms with van der Waals surface area (Å²) in [4.78, 5) is 13.4. The lowest BCUT2D eigenvalue weighted by Crippen LogP contribution is -1.98. The summed E-state index contributed by atoms with van der Waals surface area (Å²) >= 11 is 0. The van der Waals surface area contributed by atoms with Crippen LogP contribution in [0.5, 0.6) is 0 Å². The first kappa shape index (κ1) is 10.8. The van der Waals surface area contributed by atoms with Gasteiger partial charge in [-0.05, 0) is 16.0 Å². The molecule has 1 heterocycles. The first-order valence-electron chi connectivity index (χ1n) is 4.17. The molecule has 78 valence electrons. The Morgan fingerprint density at radius 2 is 2.40 bits per heavy atom. The highest BCUT2D eigenvalue weighted by Gasteiger charge is 2.07. The second kappa shape index (κ2) is 4.85. The molecule has 0 saturated carbocycles. The molecular formula is C9H10N4O2. The summed E-state index contributed by atoms with van der Waals surface area (Å²) in [5.74, 6) is -0.201. The van der Waals surface area contributed by atoms with Gasteiger partial charge in [0.2, 0.25) is 0 Å². The number of hydrogen-bond donors (Lipinski definition) is 2. The van der Waals surface area contributed by atoms with Crippen LogP contribution in [-0.2, 0) is 0 Å². The number of hydrogen-bond acceptors (Lipinski definition) is 5. The topological polar surface area (TPSA) is 91.9 Å². The van der Waals surface area contributed by atoms with Crippen LogP contribution in [0.15, 0.2) is 24.5 Å². The first-order chi connectivity index (χ1) is 7.19. The fourth-order valence-electron chi connectivity index (χ4n) is 1.03. The number of pyridine rings is 1. The summed E-state index contributed by atoms with van der Waals surface area (Å²) in [6.07, 6.45) is 4.14. The van der Waals surface area contributed by atoms with Crippen molar-refractivity contribution in [2.45, 2.75) is 0 Å². The van der Waals surface area contributed by atoms with Crippen LogP contribution in [0.4, 0.5) is 5.82 Å². The molecule has 0 bridgehead atoms. The molecule has 0 radical (unpaired) electrons. The minimum Gasteiger partial charge on any atom is -0.393 e. The minimum absolute atomic E-state index is 0.201. The van der Waals surface area contributed by atoms with Crippen LogP contribution in [0.3, 0.4) is 0 Å². The average molecular weight is 206 g/mol. The first-order valence-corrected chi connectivity index (χ1v) is 4.17. The largest absolute Gasteiger partial charge is 0.393 e. The van der Waals surface area contributed by atoms with Crippen LogP contribution in [0.2, 0.25) is 0 Å². The van der Waals surface area contributed by atoms with Gasteiger partial charge in [0, 0.05) is 36.7 Å². The van der Waals surface area contributed by atoms with E-state index >= 15 is 0 Å². The number of aromatic nitrogens is 1. The summed E-state index contributed by atoms with van der Waals surface area (Å²) in [7, 11) is 1.71. The fraction of sp³-hybridized carbons (Fsp3) is 0.111. The van der Waals surface area contributed by atoms with E-state index in [-0.39, 0.29) is 5.82 Å². The zero-order chi connectivity index (χ0) is 11.3. The van der Waals surface area contributed by atoms with Gasteiger partial charge in [0.25, 0.3) is 0 Å². The van der Waals surface area contributed by atoms with Gasteiger partial charge in [0.15, 0.2) is 0 Å². The van der Waals surface area contributed by atoms with Crippen LogP contribution in [0.25, 0.3) is 5.57 Å². The van der Waals surface area contributed by atoms with Crippen molar-refractivity contribution in [2.75, 3.05) is 7.05 Å².